The maximum absolute atomic E-state index is 13.7. The minimum absolute atomic E-state index is 0.127. The van der Waals surface area contributed by atoms with Gasteiger partial charge in [-0.1, -0.05) is 18.2 Å². The van der Waals surface area contributed by atoms with Crippen molar-refractivity contribution in [1.29, 1.82) is 0 Å². The highest BCUT2D eigenvalue weighted by Gasteiger charge is 2.38. The number of likely N-dealkylation sites (N-methyl/N-ethyl adjacent to an activating group) is 1. The van der Waals surface area contributed by atoms with Crippen molar-refractivity contribution >= 4 is 16.7 Å². The third-order valence-corrected chi connectivity index (χ3v) is 5.26. The van der Waals surface area contributed by atoms with Crippen molar-refractivity contribution in [3.63, 3.8) is 0 Å². The van der Waals surface area contributed by atoms with E-state index in [9.17, 15) is 9.59 Å². The third-order valence-electron chi connectivity index (χ3n) is 5.26. The van der Waals surface area contributed by atoms with Gasteiger partial charge in [0.25, 0.3) is 11.5 Å². The van der Waals surface area contributed by atoms with Crippen molar-refractivity contribution in [3.05, 3.63) is 64.3 Å². The summed E-state index contributed by atoms with van der Waals surface area (Å²) in [4.78, 5) is 32.4. The molecular weight excluding hydrogens is 370 g/mol. The van der Waals surface area contributed by atoms with Crippen molar-refractivity contribution in [2.45, 2.75) is 12.1 Å². The normalized spacial score (nSPS) is 19.8. The SMILES string of the molecule is CN(C)C[C@@H]1OCCN(C(=O)c2c[nH]c(=O)c3ccccc23)[C@H]1c1cnn(C)c1. The molecule has 0 saturated carbocycles. The highest BCUT2D eigenvalue weighted by Crippen LogP contribution is 2.32. The number of benzene rings is 1. The zero-order valence-electron chi connectivity index (χ0n) is 16.8. The minimum atomic E-state index is -0.266. The number of morpholine rings is 1. The lowest BCUT2D eigenvalue weighted by Gasteiger charge is -2.42. The van der Waals surface area contributed by atoms with E-state index in [0.717, 1.165) is 5.56 Å². The van der Waals surface area contributed by atoms with Crippen LogP contribution < -0.4 is 5.56 Å². The molecule has 0 radical (unpaired) electrons. The number of carbonyl (C=O) groups excluding carboxylic acids is 1. The molecule has 8 heteroatoms. The van der Waals surface area contributed by atoms with E-state index in [4.69, 9.17) is 4.74 Å². The fourth-order valence-electron chi connectivity index (χ4n) is 4.00. The van der Waals surface area contributed by atoms with Crippen molar-refractivity contribution in [2.24, 2.45) is 7.05 Å². The molecule has 0 bridgehead atoms. The summed E-state index contributed by atoms with van der Waals surface area (Å²) in [7, 11) is 5.83. The van der Waals surface area contributed by atoms with Gasteiger partial charge in [0, 0.05) is 48.9 Å². The highest BCUT2D eigenvalue weighted by atomic mass is 16.5. The Morgan fingerprint density at radius 1 is 1.31 bits per heavy atom. The standard InChI is InChI=1S/C21H25N5O3/c1-24(2)13-18-19(14-10-23-25(3)12-14)26(8-9-29-18)21(28)17-11-22-20(27)16-7-5-4-6-15(16)17/h4-7,10-12,18-19H,8-9,13H2,1-3H3,(H,22,27)/t18-,19-/m0/s1. The van der Waals surface area contributed by atoms with Crippen LogP contribution >= 0.6 is 0 Å². The van der Waals surface area contributed by atoms with Crippen LogP contribution in [0.4, 0.5) is 0 Å². The lowest BCUT2D eigenvalue weighted by atomic mass is 9.98. The van der Waals surface area contributed by atoms with E-state index in [1.807, 2.05) is 44.4 Å². The summed E-state index contributed by atoms with van der Waals surface area (Å²) in [6.07, 6.45) is 5.05. The minimum Gasteiger partial charge on any atom is -0.373 e. The second kappa shape index (κ2) is 7.81. The van der Waals surface area contributed by atoms with Gasteiger partial charge in [-0.2, -0.15) is 5.10 Å². The van der Waals surface area contributed by atoms with Gasteiger partial charge in [-0.25, -0.2) is 0 Å². The van der Waals surface area contributed by atoms with Crippen LogP contribution in [-0.4, -0.2) is 70.4 Å². The molecule has 3 aromatic rings. The van der Waals surface area contributed by atoms with Crippen molar-refractivity contribution < 1.29 is 9.53 Å². The van der Waals surface area contributed by atoms with Gasteiger partial charge in [0.1, 0.15) is 0 Å². The molecule has 1 amide bonds. The quantitative estimate of drug-likeness (QED) is 0.722. The van der Waals surface area contributed by atoms with Gasteiger partial charge in [0.15, 0.2) is 0 Å². The number of nitrogens with zero attached hydrogens (tertiary/aromatic N) is 4. The number of hydrogen-bond donors (Lipinski definition) is 1. The van der Waals surface area contributed by atoms with Gasteiger partial charge in [0.2, 0.25) is 0 Å². The molecule has 2 atom stereocenters. The smallest absolute Gasteiger partial charge is 0.256 e. The Morgan fingerprint density at radius 2 is 2.07 bits per heavy atom. The topological polar surface area (TPSA) is 83.5 Å². The number of aryl methyl sites for hydroxylation is 1. The molecule has 1 aromatic carbocycles. The number of H-pyrrole nitrogens is 1. The molecule has 0 aliphatic carbocycles. The molecule has 1 fully saturated rings. The number of hydrogen-bond acceptors (Lipinski definition) is 5. The van der Waals surface area contributed by atoms with Crippen LogP contribution in [0.25, 0.3) is 10.8 Å². The molecule has 2 aromatic heterocycles. The van der Waals surface area contributed by atoms with Crippen LogP contribution in [0.15, 0.2) is 47.7 Å². The van der Waals surface area contributed by atoms with Gasteiger partial charge < -0.3 is 19.5 Å². The molecule has 1 aliphatic heterocycles. The first kappa shape index (κ1) is 19.4. The molecular formula is C21H25N5O3. The number of ether oxygens (including phenoxy) is 1. The monoisotopic (exact) mass is 395 g/mol. The molecule has 1 aliphatic rings. The highest BCUT2D eigenvalue weighted by molar-refractivity contribution is 6.06. The number of rotatable bonds is 4. The van der Waals surface area contributed by atoms with E-state index in [-0.39, 0.29) is 23.6 Å². The average Bonchev–Trinajstić information content (AvgIpc) is 3.13. The van der Waals surface area contributed by atoms with Gasteiger partial charge in [0.05, 0.1) is 30.5 Å². The van der Waals surface area contributed by atoms with Crippen LogP contribution in [0.1, 0.15) is 22.0 Å². The fourth-order valence-corrected chi connectivity index (χ4v) is 4.00. The van der Waals surface area contributed by atoms with Crippen LogP contribution in [0.3, 0.4) is 0 Å². The number of pyridine rings is 1. The molecule has 0 spiro atoms. The Bertz CT molecular complexity index is 1090. The van der Waals surface area contributed by atoms with E-state index < -0.39 is 0 Å². The summed E-state index contributed by atoms with van der Waals surface area (Å²) in [5.41, 5.74) is 1.22. The zero-order valence-corrected chi connectivity index (χ0v) is 16.8. The number of aromatic nitrogens is 3. The maximum Gasteiger partial charge on any atom is 0.256 e. The molecule has 0 unspecified atom stereocenters. The molecule has 1 N–H and O–H groups in total. The largest absolute Gasteiger partial charge is 0.373 e. The van der Waals surface area contributed by atoms with Crippen molar-refractivity contribution in [1.82, 2.24) is 24.6 Å². The van der Waals surface area contributed by atoms with E-state index in [1.54, 1.807) is 23.0 Å². The van der Waals surface area contributed by atoms with Crippen LogP contribution in [0, 0.1) is 0 Å². The Balaban J connectivity index is 1.78. The molecule has 8 nitrogen and oxygen atoms in total. The fraction of sp³-hybridized carbons (Fsp3) is 0.381. The molecule has 3 heterocycles. The summed E-state index contributed by atoms with van der Waals surface area (Å²) in [6, 6.07) is 6.92. The summed E-state index contributed by atoms with van der Waals surface area (Å²) < 4.78 is 7.79. The summed E-state index contributed by atoms with van der Waals surface area (Å²) >= 11 is 0. The van der Waals surface area contributed by atoms with Crippen molar-refractivity contribution in [2.75, 3.05) is 33.8 Å². The second-order valence-corrected chi connectivity index (χ2v) is 7.64. The first-order valence-corrected chi connectivity index (χ1v) is 9.62. The molecule has 152 valence electrons. The summed E-state index contributed by atoms with van der Waals surface area (Å²) in [5.74, 6) is -0.127. The van der Waals surface area contributed by atoms with E-state index >= 15 is 0 Å². The number of nitrogens with one attached hydrogen (secondary N) is 1. The van der Waals surface area contributed by atoms with Crippen molar-refractivity contribution in [3.8, 4) is 0 Å². The average molecular weight is 395 g/mol. The van der Waals surface area contributed by atoms with Gasteiger partial charge >= 0.3 is 0 Å². The van der Waals surface area contributed by atoms with E-state index in [2.05, 4.69) is 15.0 Å². The van der Waals surface area contributed by atoms with E-state index in [1.165, 1.54) is 6.20 Å². The maximum atomic E-state index is 13.7. The predicted octanol–water partition coefficient (Wildman–Crippen LogP) is 1.41. The van der Waals surface area contributed by atoms with E-state index in [0.29, 0.717) is 36.0 Å². The number of aromatic amines is 1. The van der Waals surface area contributed by atoms with Gasteiger partial charge in [-0.3, -0.25) is 14.3 Å². The summed E-state index contributed by atoms with van der Waals surface area (Å²) in [5, 5.41) is 5.46. The Morgan fingerprint density at radius 3 is 2.76 bits per heavy atom. The lowest BCUT2D eigenvalue weighted by Crippen LogP contribution is -2.51. The molecule has 1 saturated heterocycles. The molecule has 29 heavy (non-hydrogen) atoms. The van der Waals surface area contributed by atoms with Gasteiger partial charge in [-0.05, 0) is 20.2 Å². The Labute approximate surface area is 168 Å². The van der Waals surface area contributed by atoms with Crippen LogP contribution in [0.2, 0.25) is 0 Å². The van der Waals surface area contributed by atoms with Crippen LogP contribution in [0.5, 0.6) is 0 Å². The predicted molar refractivity (Wildman–Crippen MR) is 110 cm³/mol. The zero-order chi connectivity index (χ0) is 20.5. The number of amides is 1. The number of carbonyl (C=O) groups is 1. The first-order valence-electron chi connectivity index (χ1n) is 9.62. The lowest BCUT2D eigenvalue weighted by molar-refractivity contribution is -0.0684. The third kappa shape index (κ3) is 3.68. The first-order chi connectivity index (χ1) is 14.0. The Hall–Kier alpha value is -2.97. The number of fused-ring (bicyclic) bond motifs is 1. The van der Waals surface area contributed by atoms with Crippen LogP contribution in [-0.2, 0) is 11.8 Å². The van der Waals surface area contributed by atoms with Gasteiger partial charge in [-0.15, -0.1) is 0 Å². The second-order valence-electron chi connectivity index (χ2n) is 7.64. The molecule has 4 rings (SSSR count). The Kier molecular flexibility index (Phi) is 5.21. The summed E-state index contributed by atoms with van der Waals surface area (Å²) in [6.45, 7) is 1.60.